The maximum Gasteiger partial charge on any atom is 0.431 e. The molecule has 0 radical (unpaired) electrons. The Bertz CT molecular complexity index is 872. The lowest BCUT2D eigenvalue weighted by atomic mass is 10.2. The second kappa shape index (κ2) is 6.06. The zero-order valence-electron chi connectivity index (χ0n) is 12.6. The minimum Gasteiger partial charge on any atom is -0.366 e. The second-order valence-electron chi connectivity index (χ2n) is 5.24. The molecule has 24 heavy (non-hydrogen) atoms. The van der Waals surface area contributed by atoms with Crippen LogP contribution in [0.15, 0.2) is 24.7 Å². The van der Waals surface area contributed by atoms with Crippen molar-refractivity contribution in [2.45, 2.75) is 26.3 Å². The van der Waals surface area contributed by atoms with Gasteiger partial charge in [-0.3, -0.25) is 0 Å². The van der Waals surface area contributed by atoms with Crippen LogP contribution in [0.2, 0.25) is 0 Å². The van der Waals surface area contributed by atoms with Crippen molar-refractivity contribution in [3.63, 3.8) is 0 Å². The van der Waals surface area contributed by atoms with Crippen LogP contribution in [0.25, 0.3) is 11.0 Å². The highest BCUT2D eigenvalue weighted by atomic mass is 19.4. The Labute approximate surface area is 134 Å². The number of rotatable bonds is 4. The Morgan fingerprint density at radius 2 is 1.96 bits per heavy atom. The number of H-pyrrole nitrogens is 1. The number of anilines is 1. The van der Waals surface area contributed by atoms with Crippen LogP contribution >= 0.6 is 0 Å². The maximum atomic E-state index is 12.8. The summed E-state index contributed by atoms with van der Waals surface area (Å²) in [5.74, 6) is 0.475. The van der Waals surface area contributed by atoms with Crippen LogP contribution < -0.4 is 5.32 Å². The Kier molecular flexibility index (Phi) is 4.08. The van der Waals surface area contributed by atoms with E-state index in [0.29, 0.717) is 34.6 Å². The zero-order chi connectivity index (χ0) is 17.3. The molecule has 0 atom stereocenters. The van der Waals surface area contributed by atoms with Crippen molar-refractivity contribution in [2.75, 3.05) is 5.32 Å². The third-order valence-corrected chi connectivity index (χ3v) is 3.61. The molecule has 3 aromatic heterocycles. The van der Waals surface area contributed by atoms with E-state index < -0.39 is 18.5 Å². The fraction of sp³-hybridized carbons (Fsp3) is 0.267. The molecular formula is C15H13F4N5. The summed E-state index contributed by atoms with van der Waals surface area (Å²) in [6.45, 7) is 1.29. The third kappa shape index (κ3) is 3.15. The van der Waals surface area contributed by atoms with Gasteiger partial charge in [-0.1, -0.05) is 0 Å². The van der Waals surface area contributed by atoms with Gasteiger partial charge in [0, 0.05) is 23.7 Å². The summed E-state index contributed by atoms with van der Waals surface area (Å²) in [5.41, 5.74) is 0.893. The fourth-order valence-corrected chi connectivity index (χ4v) is 2.30. The lowest BCUT2D eigenvalue weighted by Crippen LogP contribution is -2.06. The van der Waals surface area contributed by atoms with Crippen molar-refractivity contribution < 1.29 is 17.6 Å². The van der Waals surface area contributed by atoms with E-state index in [1.165, 1.54) is 12.5 Å². The van der Waals surface area contributed by atoms with E-state index in [2.05, 4.69) is 25.3 Å². The number of fused-ring (bicyclic) bond motifs is 1. The van der Waals surface area contributed by atoms with Gasteiger partial charge in [-0.2, -0.15) is 13.2 Å². The van der Waals surface area contributed by atoms with Crippen LogP contribution in [-0.4, -0.2) is 19.9 Å². The maximum absolute atomic E-state index is 12.8. The van der Waals surface area contributed by atoms with Gasteiger partial charge in [0.1, 0.15) is 30.2 Å². The van der Waals surface area contributed by atoms with Gasteiger partial charge < -0.3 is 10.3 Å². The normalized spacial score (nSPS) is 11.9. The Hall–Kier alpha value is -2.71. The second-order valence-corrected chi connectivity index (χ2v) is 5.24. The zero-order valence-corrected chi connectivity index (χ0v) is 12.6. The summed E-state index contributed by atoms with van der Waals surface area (Å²) in [6, 6.07) is 2.62. The summed E-state index contributed by atoms with van der Waals surface area (Å²) < 4.78 is 50.9. The summed E-state index contributed by atoms with van der Waals surface area (Å²) in [5, 5.41) is 3.38. The Balaban J connectivity index is 1.81. The largest absolute Gasteiger partial charge is 0.431 e. The van der Waals surface area contributed by atoms with Gasteiger partial charge >= 0.3 is 6.18 Å². The van der Waals surface area contributed by atoms with E-state index in [1.807, 2.05) is 0 Å². The number of aromatic amines is 1. The van der Waals surface area contributed by atoms with E-state index in [4.69, 9.17) is 0 Å². The quantitative estimate of drug-likeness (QED) is 0.710. The molecule has 3 heterocycles. The molecule has 0 aromatic carbocycles. The molecule has 0 aliphatic rings. The molecule has 126 valence electrons. The number of pyridine rings is 1. The molecular weight excluding hydrogens is 326 g/mol. The van der Waals surface area contributed by atoms with Crippen molar-refractivity contribution in [1.29, 1.82) is 0 Å². The van der Waals surface area contributed by atoms with E-state index in [9.17, 15) is 17.6 Å². The van der Waals surface area contributed by atoms with E-state index in [0.717, 1.165) is 6.07 Å². The molecule has 9 heteroatoms. The first-order valence-electron chi connectivity index (χ1n) is 7.03. The van der Waals surface area contributed by atoms with Gasteiger partial charge in [0.05, 0.1) is 5.69 Å². The van der Waals surface area contributed by atoms with Gasteiger partial charge in [-0.25, -0.2) is 19.3 Å². The molecule has 0 aliphatic heterocycles. The molecule has 0 spiro atoms. The van der Waals surface area contributed by atoms with Crippen LogP contribution in [0.3, 0.4) is 0 Å². The molecule has 0 saturated carbocycles. The number of nitrogens with zero attached hydrogens (tertiary/aromatic N) is 3. The van der Waals surface area contributed by atoms with Crippen LogP contribution in [0, 0.1) is 6.92 Å². The van der Waals surface area contributed by atoms with Crippen LogP contribution in [0.4, 0.5) is 23.4 Å². The lowest BCUT2D eigenvalue weighted by molar-refractivity contribution is -0.140. The van der Waals surface area contributed by atoms with E-state index in [1.54, 1.807) is 13.0 Å². The Morgan fingerprint density at radius 3 is 2.67 bits per heavy atom. The molecule has 0 saturated heterocycles. The van der Waals surface area contributed by atoms with Crippen molar-refractivity contribution in [2.24, 2.45) is 0 Å². The average molecular weight is 339 g/mol. The molecule has 3 rings (SSSR count). The molecule has 0 aliphatic carbocycles. The highest BCUT2D eigenvalue weighted by Gasteiger charge is 2.32. The SMILES string of the molecule is Cc1c(CF)ncnc1NCc1cnc2[nH]c(C(F)(F)F)cc2c1. The summed E-state index contributed by atoms with van der Waals surface area (Å²) in [4.78, 5) is 14.1. The van der Waals surface area contributed by atoms with Crippen molar-refractivity contribution in [3.05, 3.63) is 47.2 Å². The minimum absolute atomic E-state index is 0.170. The third-order valence-electron chi connectivity index (χ3n) is 3.61. The number of hydrogen-bond donors (Lipinski definition) is 2. The first-order chi connectivity index (χ1) is 11.4. The molecule has 0 bridgehead atoms. The summed E-state index contributed by atoms with van der Waals surface area (Å²) in [7, 11) is 0. The average Bonchev–Trinajstić information content (AvgIpc) is 2.97. The van der Waals surface area contributed by atoms with E-state index >= 15 is 0 Å². The van der Waals surface area contributed by atoms with Crippen molar-refractivity contribution in [1.82, 2.24) is 19.9 Å². The van der Waals surface area contributed by atoms with Gasteiger partial charge in [-0.05, 0) is 24.6 Å². The molecule has 2 N–H and O–H groups in total. The Morgan fingerprint density at radius 1 is 1.17 bits per heavy atom. The molecule has 0 unspecified atom stereocenters. The summed E-state index contributed by atoms with van der Waals surface area (Å²) in [6.07, 6.45) is -1.72. The minimum atomic E-state index is -4.44. The number of nitrogens with one attached hydrogen (secondary N) is 2. The van der Waals surface area contributed by atoms with Gasteiger partial charge in [0.2, 0.25) is 0 Å². The molecule has 0 amide bonds. The lowest BCUT2D eigenvalue weighted by Gasteiger charge is -2.09. The predicted octanol–water partition coefficient (Wildman–Crippen LogP) is 3.76. The first kappa shape index (κ1) is 16.2. The van der Waals surface area contributed by atoms with E-state index in [-0.39, 0.29) is 5.65 Å². The standard InChI is InChI=1S/C15H13F4N5/c1-8-11(4-16)22-7-23-13(8)20-5-9-2-10-3-12(15(17,18)19)24-14(10)21-6-9/h2-3,6-7H,4-5H2,1H3,(H,21,24)(H,20,22,23). The number of aromatic nitrogens is 4. The fourth-order valence-electron chi connectivity index (χ4n) is 2.30. The summed E-state index contributed by atoms with van der Waals surface area (Å²) >= 11 is 0. The van der Waals surface area contributed by atoms with Crippen LogP contribution in [0.5, 0.6) is 0 Å². The van der Waals surface area contributed by atoms with Crippen molar-refractivity contribution in [3.8, 4) is 0 Å². The number of alkyl halides is 4. The molecule has 3 aromatic rings. The molecule has 5 nitrogen and oxygen atoms in total. The van der Waals surface area contributed by atoms with Gasteiger partial charge in [-0.15, -0.1) is 0 Å². The van der Waals surface area contributed by atoms with Crippen LogP contribution in [0.1, 0.15) is 22.5 Å². The highest BCUT2D eigenvalue weighted by molar-refractivity contribution is 5.77. The predicted molar refractivity (Wildman–Crippen MR) is 80.0 cm³/mol. The topological polar surface area (TPSA) is 66.5 Å². The van der Waals surface area contributed by atoms with Crippen molar-refractivity contribution >= 4 is 16.9 Å². The van der Waals surface area contributed by atoms with Gasteiger partial charge in [0.15, 0.2) is 0 Å². The number of hydrogen-bond acceptors (Lipinski definition) is 4. The first-order valence-corrected chi connectivity index (χ1v) is 7.03. The smallest absolute Gasteiger partial charge is 0.366 e. The number of halogens is 4. The van der Waals surface area contributed by atoms with Crippen LogP contribution in [-0.2, 0) is 19.4 Å². The highest BCUT2D eigenvalue weighted by Crippen LogP contribution is 2.30. The van der Waals surface area contributed by atoms with Gasteiger partial charge in [0.25, 0.3) is 0 Å². The monoisotopic (exact) mass is 339 g/mol. The molecule has 0 fully saturated rings.